The van der Waals surface area contributed by atoms with Gasteiger partial charge in [0.1, 0.15) is 10.6 Å². The molecular weight excluding hydrogens is 326 g/mol. The Bertz CT molecular complexity index is 828. The normalized spacial score (nSPS) is 24.5. The van der Waals surface area contributed by atoms with Crippen LogP contribution < -0.4 is 4.90 Å². The predicted molar refractivity (Wildman–Crippen MR) is 90.4 cm³/mol. The summed E-state index contributed by atoms with van der Waals surface area (Å²) in [5.41, 5.74) is 1.60. The van der Waals surface area contributed by atoms with Gasteiger partial charge in [0, 0.05) is 31.4 Å². The molecule has 0 spiro atoms. The molecule has 0 radical (unpaired) electrons. The van der Waals surface area contributed by atoms with Gasteiger partial charge in [-0.05, 0) is 38.3 Å². The van der Waals surface area contributed by atoms with E-state index in [0.717, 1.165) is 13.0 Å². The van der Waals surface area contributed by atoms with Gasteiger partial charge in [0.15, 0.2) is 5.76 Å². The fourth-order valence-electron chi connectivity index (χ4n) is 4.03. The number of aryl methyl sites for hydroxylation is 2. The molecule has 2 fully saturated rings. The maximum atomic E-state index is 13.0. The minimum atomic E-state index is -3.55. The Morgan fingerprint density at radius 2 is 1.92 bits per heavy atom. The third-order valence-electron chi connectivity index (χ3n) is 5.17. The van der Waals surface area contributed by atoms with E-state index in [1.165, 1.54) is 5.69 Å². The highest BCUT2D eigenvalue weighted by atomic mass is 32.2. The zero-order valence-corrected chi connectivity index (χ0v) is 14.7. The van der Waals surface area contributed by atoms with Crippen molar-refractivity contribution in [3.63, 3.8) is 0 Å². The molecular formula is C17H21N3O3S. The van der Waals surface area contributed by atoms with Crippen molar-refractivity contribution in [1.29, 1.82) is 0 Å². The average Bonchev–Trinajstić information content (AvgIpc) is 3.22. The number of para-hydroxylation sites is 1. The number of benzene rings is 1. The zero-order valence-electron chi connectivity index (χ0n) is 13.8. The minimum absolute atomic E-state index is 0.230. The second kappa shape index (κ2) is 5.60. The molecule has 0 amide bonds. The minimum Gasteiger partial charge on any atom is -0.367 e. The Morgan fingerprint density at radius 3 is 2.58 bits per heavy atom. The Labute approximate surface area is 142 Å². The summed E-state index contributed by atoms with van der Waals surface area (Å²) < 4.78 is 32.7. The molecule has 0 unspecified atom stereocenters. The Morgan fingerprint density at radius 1 is 1.17 bits per heavy atom. The van der Waals surface area contributed by atoms with Crippen LogP contribution in [-0.4, -0.2) is 43.6 Å². The van der Waals surface area contributed by atoms with E-state index < -0.39 is 10.0 Å². The van der Waals surface area contributed by atoms with Crippen LogP contribution in [0.5, 0.6) is 0 Å². The van der Waals surface area contributed by atoms with Crippen LogP contribution in [0.2, 0.25) is 0 Å². The molecule has 24 heavy (non-hydrogen) atoms. The largest absolute Gasteiger partial charge is 0.367 e. The van der Waals surface area contributed by atoms with Crippen LogP contribution in [0.4, 0.5) is 5.69 Å². The number of aromatic nitrogens is 1. The molecule has 2 aliphatic heterocycles. The lowest BCUT2D eigenvalue weighted by atomic mass is 10.1. The fourth-order valence-corrected chi connectivity index (χ4v) is 5.84. The van der Waals surface area contributed by atoms with Gasteiger partial charge in [-0.2, -0.15) is 4.31 Å². The summed E-state index contributed by atoms with van der Waals surface area (Å²) in [5, 5.41) is 3.80. The van der Waals surface area contributed by atoms with Gasteiger partial charge in [0.25, 0.3) is 0 Å². The van der Waals surface area contributed by atoms with Gasteiger partial charge in [0.05, 0.1) is 0 Å². The van der Waals surface area contributed by atoms with Gasteiger partial charge in [-0.3, -0.25) is 0 Å². The van der Waals surface area contributed by atoms with Gasteiger partial charge in [-0.1, -0.05) is 23.4 Å². The number of rotatable bonds is 3. The lowest BCUT2D eigenvalue weighted by Gasteiger charge is -2.26. The quantitative estimate of drug-likeness (QED) is 0.851. The Kier molecular flexibility index (Phi) is 3.65. The average molecular weight is 347 g/mol. The van der Waals surface area contributed by atoms with E-state index in [2.05, 4.69) is 22.2 Å². The highest BCUT2D eigenvalue weighted by Gasteiger charge is 2.46. The molecule has 3 heterocycles. The van der Waals surface area contributed by atoms with E-state index >= 15 is 0 Å². The van der Waals surface area contributed by atoms with E-state index in [1.54, 1.807) is 18.2 Å². The lowest BCUT2D eigenvalue weighted by Crippen LogP contribution is -2.37. The molecule has 1 aromatic heterocycles. The molecule has 2 aliphatic rings. The van der Waals surface area contributed by atoms with Crippen molar-refractivity contribution in [3.05, 3.63) is 41.8 Å². The van der Waals surface area contributed by atoms with Crippen LogP contribution in [0.15, 0.2) is 39.8 Å². The molecule has 0 bridgehead atoms. The van der Waals surface area contributed by atoms with Crippen LogP contribution in [0.25, 0.3) is 0 Å². The summed E-state index contributed by atoms with van der Waals surface area (Å²) in [6, 6.07) is 10.5. The summed E-state index contributed by atoms with van der Waals surface area (Å²) in [6.45, 7) is 5.40. The first kappa shape index (κ1) is 15.7. The molecule has 0 N–H and O–H groups in total. The van der Waals surface area contributed by atoms with Gasteiger partial charge in [-0.15, -0.1) is 0 Å². The summed E-state index contributed by atoms with van der Waals surface area (Å²) in [4.78, 5) is 2.57. The van der Waals surface area contributed by atoms with E-state index in [1.807, 2.05) is 18.2 Å². The summed E-state index contributed by atoms with van der Waals surface area (Å²) in [5.74, 6) is 0.741. The van der Waals surface area contributed by atoms with Gasteiger partial charge in [-0.25, -0.2) is 8.42 Å². The predicted octanol–water partition coefficient (Wildman–Crippen LogP) is 2.19. The number of anilines is 1. The molecule has 2 saturated heterocycles. The number of fused-ring (bicyclic) bond motifs is 1. The molecule has 6 nitrogen and oxygen atoms in total. The molecule has 1 aromatic carbocycles. The van der Waals surface area contributed by atoms with Crippen molar-refractivity contribution in [3.8, 4) is 0 Å². The lowest BCUT2D eigenvalue weighted by molar-refractivity contribution is 0.389. The monoisotopic (exact) mass is 347 g/mol. The van der Waals surface area contributed by atoms with Crippen molar-refractivity contribution < 1.29 is 12.9 Å². The third-order valence-corrected chi connectivity index (χ3v) is 7.24. The second-order valence-corrected chi connectivity index (χ2v) is 8.50. The summed E-state index contributed by atoms with van der Waals surface area (Å²) in [7, 11) is -3.55. The standard InChI is InChI=1S/C17H21N3O3S/c1-12-17(13(2)23-18-12)24(21,22)19-10-14-8-9-20(16(14)11-19)15-6-4-3-5-7-15/h3-7,14,16H,8-11H2,1-2H3/t14-,16-/m1/s1. The zero-order chi connectivity index (χ0) is 16.9. The first-order valence-electron chi connectivity index (χ1n) is 8.23. The number of hydrogen-bond acceptors (Lipinski definition) is 5. The van der Waals surface area contributed by atoms with Crippen LogP contribution in [0.1, 0.15) is 17.9 Å². The topological polar surface area (TPSA) is 66.7 Å². The first-order valence-corrected chi connectivity index (χ1v) is 9.67. The van der Waals surface area contributed by atoms with Crippen molar-refractivity contribution in [2.75, 3.05) is 24.5 Å². The van der Waals surface area contributed by atoms with Gasteiger partial charge in [0.2, 0.25) is 10.0 Å². The van der Waals surface area contributed by atoms with Gasteiger partial charge < -0.3 is 9.42 Å². The van der Waals surface area contributed by atoms with E-state index in [4.69, 9.17) is 4.52 Å². The van der Waals surface area contributed by atoms with Crippen molar-refractivity contribution in [1.82, 2.24) is 9.46 Å². The highest BCUT2D eigenvalue weighted by Crippen LogP contribution is 2.37. The first-order chi connectivity index (χ1) is 11.5. The maximum absolute atomic E-state index is 13.0. The Hall–Kier alpha value is -1.86. The van der Waals surface area contributed by atoms with Gasteiger partial charge >= 0.3 is 0 Å². The van der Waals surface area contributed by atoms with E-state index in [0.29, 0.717) is 30.5 Å². The second-order valence-electron chi connectivity index (χ2n) is 6.62. The van der Waals surface area contributed by atoms with Crippen LogP contribution >= 0.6 is 0 Å². The van der Waals surface area contributed by atoms with Crippen LogP contribution in [-0.2, 0) is 10.0 Å². The van der Waals surface area contributed by atoms with E-state index in [-0.39, 0.29) is 10.9 Å². The number of sulfonamides is 1. The van der Waals surface area contributed by atoms with Crippen LogP contribution in [0.3, 0.4) is 0 Å². The molecule has 128 valence electrons. The molecule has 2 aromatic rings. The molecule has 4 rings (SSSR count). The molecule has 2 atom stereocenters. The SMILES string of the molecule is Cc1noc(C)c1S(=O)(=O)N1C[C@H]2CCN(c3ccccc3)[C@@H]2C1. The van der Waals surface area contributed by atoms with Crippen LogP contribution in [0, 0.1) is 19.8 Å². The molecule has 7 heteroatoms. The third kappa shape index (κ3) is 2.34. The van der Waals surface area contributed by atoms with Crippen molar-refractivity contribution in [2.45, 2.75) is 31.2 Å². The Balaban J connectivity index is 1.61. The van der Waals surface area contributed by atoms with Crippen molar-refractivity contribution >= 4 is 15.7 Å². The smallest absolute Gasteiger partial charge is 0.248 e. The maximum Gasteiger partial charge on any atom is 0.248 e. The number of nitrogens with zero attached hydrogens (tertiary/aromatic N) is 3. The summed E-state index contributed by atoms with van der Waals surface area (Å²) >= 11 is 0. The fraction of sp³-hybridized carbons (Fsp3) is 0.471. The summed E-state index contributed by atoms with van der Waals surface area (Å²) in [6.07, 6.45) is 1.02. The molecule has 0 saturated carbocycles. The molecule has 0 aliphatic carbocycles. The highest BCUT2D eigenvalue weighted by molar-refractivity contribution is 7.89. The van der Waals surface area contributed by atoms with E-state index in [9.17, 15) is 8.42 Å². The van der Waals surface area contributed by atoms with Crippen molar-refractivity contribution in [2.24, 2.45) is 5.92 Å². The number of hydrogen-bond donors (Lipinski definition) is 0.